The molecule has 4 rings (SSSR count). The molecule has 0 unspecified atom stereocenters. The molecule has 0 amide bonds. The van der Waals surface area contributed by atoms with E-state index < -0.39 is 11.2 Å². The van der Waals surface area contributed by atoms with E-state index in [2.05, 4.69) is 41.5 Å². The molecule has 2 heteroatoms. The van der Waals surface area contributed by atoms with Crippen molar-refractivity contribution < 1.29 is 10.2 Å². The molecular formula is C29H52O2. The van der Waals surface area contributed by atoms with Gasteiger partial charge in [-0.1, -0.05) is 34.6 Å². The van der Waals surface area contributed by atoms with E-state index in [4.69, 9.17) is 0 Å². The van der Waals surface area contributed by atoms with Crippen molar-refractivity contribution in [3.05, 3.63) is 0 Å². The first kappa shape index (κ1) is 24.1. The Hall–Kier alpha value is -0.0800. The first-order valence-corrected chi connectivity index (χ1v) is 13.7. The SMILES string of the molecule is CC(C)[C@@](C)(O)CC[C@@H](C)[C@H]1CC[C@H]2[C@@H]3CC[C@H]4C[C@@](C)(O)CC[C@]4(C)[C@H]3CC[C@]12C. The minimum Gasteiger partial charge on any atom is -0.390 e. The third-order valence-electron chi connectivity index (χ3n) is 12.1. The fraction of sp³-hybridized carbons (Fsp3) is 1.00. The van der Waals surface area contributed by atoms with Crippen molar-refractivity contribution in [2.24, 2.45) is 52.3 Å². The van der Waals surface area contributed by atoms with Crippen LogP contribution in [0.2, 0.25) is 0 Å². The molecule has 2 N–H and O–H groups in total. The number of fused-ring (bicyclic) bond motifs is 5. The lowest BCUT2D eigenvalue weighted by molar-refractivity contribution is -0.148. The van der Waals surface area contributed by atoms with E-state index in [1.165, 1.54) is 51.4 Å². The normalized spacial score (nSPS) is 50.3. The van der Waals surface area contributed by atoms with Crippen LogP contribution in [-0.4, -0.2) is 21.4 Å². The van der Waals surface area contributed by atoms with Gasteiger partial charge in [0.2, 0.25) is 0 Å². The summed E-state index contributed by atoms with van der Waals surface area (Å²) in [5, 5.41) is 21.5. The molecule has 10 atom stereocenters. The van der Waals surface area contributed by atoms with Gasteiger partial charge in [-0.05, 0) is 137 Å². The average Bonchev–Trinajstić information content (AvgIpc) is 3.04. The first-order valence-electron chi connectivity index (χ1n) is 13.7. The molecule has 0 aliphatic heterocycles. The van der Waals surface area contributed by atoms with Gasteiger partial charge in [-0.2, -0.15) is 0 Å². The van der Waals surface area contributed by atoms with Gasteiger partial charge in [0.1, 0.15) is 0 Å². The van der Waals surface area contributed by atoms with Gasteiger partial charge in [-0.3, -0.25) is 0 Å². The quantitative estimate of drug-likeness (QED) is 0.481. The van der Waals surface area contributed by atoms with E-state index >= 15 is 0 Å². The zero-order valence-electron chi connectivity index (χ0n) is 21.7. The maximum Gasteiger partial charge on any atom is 0.0642 e. The topological polar surface area (TPSA) is 40.5 Å². The summed E-state index contributed by atoms with van der Waals surface area (Å²) in [6.45, 7) is 16.2. The summed E-state index contributed by atoms with van der Waals surface area (Å²) in [6.07, 6.45) is 13.8. The number of aliphatic hydroxyl groups is 2. The third-order valence-corrected chi connectivity index (χ3v) is 12.1. The maximum absolute atomic E-state index is 10.8. The van der Waals surface area contributed by atoms with Crippen LogP contribution >= 0.6 is 0 Å². The Morgan fingerprint density at radius 1 is 0.871 bits per heavy atom. The molecule has 0 bridgehead atoms. The molecule has 0 spiro atoms. The lowest BCUT2D eigenvalue weighted by Crippen LogP contribution is -2.55. The fourth-order valence-electron chi connectivity index (χ4n) is 9.42. The van der Waals surface area contributed by atoms with Crippen molar-refractivity contribution in [1.29, 1.82) is 0 Å². The smallest absolute Gasteiger partial charge is 0.0642 e. The van der Waals surface area contributed by atoms with Gasteiger partial charge in [0, 0.05) is 0 Å². The van der Waals surface area contributed by atoms with Gasteiger partial charge in [0.05, 0.1) is 11.2 Å². The third kappa shape index (κ3) is 4.05. The van der Waals surface area contributed by atoms with Crippen LogP contribution < -0.4 is 0 Å². The van der Waals surface area contributed by atoms with E-state index in [0.29, 0.717) is 22.7 Å². The van der Waals surface area contributed by atoms with Crippen LogP contribution in [0.1, 0.15) is 119 Å². The average molecular weight is 433 g/mol. The predicted octanol–water partition coefficient (Wildman–Crippen LogP) is 7.22. The highest BCUT2D eigenvalue weighted by Crippen LogP contribution is 2.68. The van der Waals surface area contributed by atoms with E-state index in [1.807, 2.05) is 6.92 Å². The van der Waals surface area contributed by atoms with Gasteiger partial charge in [-0.15, -0.1) is 0 Å². The highest BCUT2D eigenvalue weighted by molar-refractivity contribution is 5.10. The van der Waals surface area contributed by atoms with Crippen LogP contribution in [0.3, 0.4) is 0 Å². The summed E-state index contributed by atoms with van der Waals surface area (Å²) in [4.78, 5) is 0. The van der Waals surface area contributed by atoms with Crippen LogP contribution in [0.15, 0.2) is 0 Å². The Bertz CT molecular complexity index is 651. The zero-order valence-corrected chi connectivity index (χ0v) is 21.7. The van der Waals surface area contributed by atoms with E-state index in [1.54, 1.807) is 0 Å². The Kier molecular flexibility index (Phi) is 6.21. The van der Waals surface area contributed by atoms with E-state index in [-0.39, 0.29) is 0 Å². The summed E-state index contributed by atoms with van der Waals surface area (Å²) in [5.74, 6) is 5.32. The lowest BCUT2D eigenvalue weighted by Gasteiger charge is -2.62. The molecule has 0 saturated heterocycles. The van der Waals surface area contributed by atoms with Crippen LogP contribution in [0, 0.1) is 52.3 Å². The molecular weight excluding hydrogens is 380 g/mol. The largest absolute Gasteiger partial charge is 0.390 e. The highest BCUT2D eigenvalue weighted by atomic mass is 16.3. The van der Waals surface area contributed by atoms with Crippen LogP contribution in [-0.2, 0) is 0 Å². The number of hydrogen-bond acceptors (Lipinski definition) is 2. The second-order valence-corrected chi connectivity index (χ2v) is 14.1. The molecule has 0 aromatic rings. The highest BCUT2D eigenvalue weighted by Gasteiger charge is 2.61. The van der Waals surface area contributed by atoms with Gasteiger partial charge in [0.15, 0.2) is 0 Å². The molecule has 4 fully saturated rings. The summed E-state index contributed by atoms with van der Waals surface area (Å²) >= 11 is 0. The monoisotopic (exact) mass is 432 g/mol. The summed E-state index contributed by atoms with van der Waals surface area (Å²) in [5.41, 5.74) is 0.0189. The van der Waals surface area contributed by atoms with Gasteiger partial charge in [-0.25, -0.2) is 0 Å². The minimum absolute atomic E-state index is 0.328. The van der Waals surface area contributed by atoms with Gasteiger partial charge in [0.25, 0.3) is 0 Å². The van der Waals surface area contributed by atoms with Crippen LogP contribution in [0.25, 0.3) is 0 Å². The second kappa shape index (κ2) is 8.00. The molecule has 2 nitrogen and oxygen atoms in total. The molecule has 0 radical (unpaired) electrons. The number of hydrogen-bond donors (Lipinski definition) is 2. The molecule has 0 aromatic carbocycles. The van der Waals surface area contributed by atoms with Gasteiger partial charge < -0.3 is 10.2 Å². The summed E-state index contributed by atoms with van der Waals surface area (Å²) in [7, 11) is 0. The molecule has 4 aliphatic carbocycles. The Balaban J connectivity index is 1.47. The fourth-order valence-corrected chi connectivity index (χ4v) is 9.42. The molecule has 0 aromatic heterocycles. The van der Waals surface area contributed by atoms with E-state index in [0.717, 1.165) is 48.9 Å². The van der Waals surface area contributed by atoms with Crippen molar-refractivity contribution in [2.45, 2.75) is 130 Å². The summed E-state index contributed by atoms with van der Waals surface area (Å²) in [6, 6.07) is 0. The minimum atomic E-state index is -0.528. The van der Waals surface area contributed by atoms with Crippen molar-refractivity contribution in [2.75, 3.05) is 0 Å². The Labute approximate surface area is 193 Å². The molecule has 180 valence electrons. The molecule has 4 saturated carbocycles. The maximum atomic E-state index is 10.8. The summed E-state index contributed by atoms with van der Waals surface area (Å²) < 4.78 is 0. The Morgan fingerprint density at radius 2 is 1.55 bits per heavy atom. The zero-order chi connectivity index (χ0) is 22.8. The first-order chi connectivity index (χ1) is 14.3. The van der Waals surface area contributed by atoms with Crippen LogP contribution in [0.4, 0.5) is 0 Å². The lowest BCUT2D eigenvalue weighted by atomic mass is 9.43. The molecule has 0 heterocycles. The second-order valence-electron chi connectivity index (χ2n) is 14.1. The standard InChI is InChI=1S/C29H52O2/c1-19(2)29(7,31)15-12-20(3)23-10-11-24-22-9-8-21-18-26(4,30)16-17-27(21,5)25(22)13-14-28(23,24)6/h19-25,30-31H,8-18H2,1-7H3/t20-,21+,22+,23-,24+,25+,26+,27+,28-,29+/m1/s1. The Morgan fingerprint density at radius 3 is 2.23 bits per heavy atom. The van der Waals surface area contributed by atoms with Crippen molar-refractivity contribution in [3.63, 3.8) is 0 Å². The van der Waals surface area contributed by atoms with Gasteiger partial charge >= 0.3 is 0 Å². The van der Waals surface area contributed by atoms with E-state index in [9.17, 15) is 10.2 Å². The number of rotatable bonds is 5. The van der Waals surface area contributed by atoms with Crippen molar-refractivity contribution in [1.82, 2.24) is 0 Å². The van der Waals surface area contributed by atoms with Crippen molar-refractivity contribution in [3.8, 4) is 0 Å². The van der Waals surface area contributed by atoms with Crippen molar-refractivity contribution >= 4 is 0 Å². The van der Waals surface area contributed by atoms with Crippen LogP contribution in [0.5, 0.6) is 0 Å². The predicted molar refractivity (Wildman–Crippen MR) is 130 cm³/mol. The molecule has 31 heavy (non-hydrogen) atoms. The molecule has 4 aliphatic rings.